The molecule has 3 aromatic rings. The first-order valence-corrected chi connectivity index (χ1v) is 7.16. The van der Waals surface area contributed by atoms with Crippen LogP contribution in [-0.4, -0.2) is 32.8 Å². The SMILES string of the molecule is Bc1ccc(-n2c(S)nnc2-c2ccc(O)cc2O)c(C)c1. The van der Waals surface area contributed by atoms with Gasteiger partial charge in [-0.05, 0) is 30.7 Å². The van der Waals surface area contributed by atoms with Gasteiger partial charge in [-0.3, -0.25) is 4.57 Å². The molecule has 2 aromatic carbocycles. The first-order valence-electron chi connectivity index (χ1n) is 6.71. The molecule has 22 heavy (non-hydrogen) atoms. The Morgan fingerprint density at radius 3 is 2.55 bits per heavy atom. The molecule has 0 radical (unpaired) electrons. The van der Waals surface area contributed by atoms with Gasteiger partial charge in [-0.25, -0.2) is 0 Å². The molecule has 7 heteroatoms. The Balaban J connectivity index is 2.24. The number of rotatable bonds is 2. The molecule has 110 valence electrons. The van der Waals surface area contributed by atoms with Gasteiger partial charge in [0.2, 0.25) is 0 Å². The number of aromatic hydroxyl groups is 2. The minimum absolute atomic E-state index is 0.00933. The highest BCUT2D eigenvalue weighted by atomic mass is 32.1. The highest BCUT2D eigenvalue weighted by molar-refractivity contribution is 7.80. The van der Waals surface area contributed by atoms with Gasteiger partial charge < -0.3 is 10.2 Å². The third-order valence-electron chi connectivity index (χ3n) is 3.46. The van der Waals surface area contributed by atoms with E-state index in [4.69, 9.17) is 0 Å². The quantitative estimate of drug-likeness (QED) is 0.491. The van der Waals surface area contributed by atoms with Crippen LogP contribution < -0.4 is 5.46 Å². The summed E-state index contributed by atoms with van der Waals surface area (Å²) in [6.07, 6.45) is 0. The highest BCUT2D eigenvalue weighted by Gasteiger charge is 2.18. The Bertz CT molecular complexity index is 864. The molecular formula is C15H14BN3O2S. The number of aryl methyl sites for hydroxylation is 1. The number of phenols is 2. The van der Waals surface area contributed by atoms with Gasteiger partial charge >= 0.3 is 0 Å². The second-order valence-corrected chi connectivity index (χ2v) is 5.55. The van der Waals surface area contributed by atoms with Gasteiger partial charge in [0.05, 0.1) is 11.3 Å². The van der Waals surface area contributed by atoms with Crippen molar-refractivity contribution in [1.29, 1.82) is 0 Å². The fourth-order valence-electron chi connectivity index (χ4n) is 2.44. The molecule has 0 unspecified atom stereocenters. The molecule has 0 saturated heterocycles. The Morgan fingerprint density at radius 2 is 1.86 bits per heavy atom. The van der Waals surface area contributed by atoms with Crippen LogP contribution in [0.3, 0.4) is 0 Å². The van der Waals surface area contributed by atoms with Crippen molar-refractivity contribution < 1.29 is 10.2 Å². The number of thiol groups is 1. The van der Waals surface area contributed by atoms with E-state index < -0.39 is 0 Å². The van der Waals surface area contributed by atoms with E-state index in [2.05, 4.69) is 28.9 Å². The van der Waals surface area contributed by atoms with Crippen molar-refractivity contribution in [3.8, 4) is 28.6 Å². The number of phenolic OH excluding ortho intramolecular Hbond substituents is 2. The molecule has 0 amide bonds. The lowest BCUT2D eigenvalue weighted by molar-refractivity contribution is 0.451. The number of nitrogens with zero attached hydrogens (tertiary/aromatic N) is 3. The molecule has 0 spiro atoms. The number of aromatic nitrogens is 3. The molecule has 0 saturated carbocycles. The van der Waals surface area contributed by atoms with E-state index in [-0.39, 0.29) is 11.5 Å². The molecule has 0 aliphatic carbocycles. The number of benzene rings is 2. The standard InChI is InChI=1S/C15H14BN3O2S/c1-8-6-9(16)2-5-12(8)19-14(17-18-15(19)22)11-4-3-10(20)7-13(11)21/h2-7,20-21H,16H2,1H3,(H,18,22). The predicted molar refractivity (Wildman–Crippen MR) is 90.3 cm³/mol. The van der Waals surface area contributed by atoms with Crippen molar-refractivity contribution >= 4 is 25.9 Å². The van der Waals surface area contributed by atoms with Crippen LogP contribution in [0, 0.1) is 6.92 Å². The second kappa shape index (κ2) is 5.42. The highest BCUT2D eigenvalue weighted by Crippen LogP contribution is 2.33. The van der Waals surface area contributed by atoms with Crippen molar-refractivity contribution in [2.45, 2.75) is 12.1 Å². The van der Waals surface area contributed by atoms with Crippen LogP contribution in [0.15, 0.2) is 41.6 Å². The molecule has 0 bridgehead atoms. The van der Waals surface area contributed by atoms with E-state index in [9.17, 15) is 10.2 Å². The smallest absolute Gasteiger partial charge is 0.193 e. The van der Waals surface area contributed by atoms with Gasteiger partial charge in [-0.2, -0.15) is 0 Å². The fraction of sp³-hybridized carbons (Fsp3) is 0.0667. The summed E-state index contributed by atoms with van der Waals surface area (Å²) in [5.41, 5.74) is 3.58. The van der Waals surface area contributed by atoms with Gasteiger partial charge in [0.1, 0.15) is 19.3 Å². The monoisotopic (exact) mass is 311 g/mol. The maximum atomic E-state index is 10.1. The first-order chi connectivity index (χ1) is 10.5. The number of hydrogen-bond acceptors (Lipinski definition) is 5. The third-order valence-corrected chi connectivity index (χ3v) is 3.75. The lowest BCUT2D eigenvalue weighted by Crippen LogP contribution is -2.07. The second-order valence-electron chi connectivity index (χ2n) is 5.15. The van der Waals surface area contributed by atoms with Gasteiger partial charge in [-0.15, -0.1) is 22.8 Å². The van der Waals surface area contributed by atoms with Crippen molar-refractivity contribution in [3.63, 3.8) is 0 Å². The van der Waals surface area contributed by atoms with E-state index in [0.29, 0.717) is 16.5 Å². The van der Waals surface area contributed by atoms with E-state index in [0.717, 1.165) is 16.7 Å². The fourth-order valence-corrected chi connectivity index (χ4v) is 2.68. The van der Waals surface area contributed by atoms with Gasteiger partial charge in [0.25, 0.3) is 0 Å². The Labute approximate surface area is 134 Å². The lowest BCUT2D eigenvalue weighted by Gasteiger charge is -2.13. The molecule has 1 aromatic heterocycles. The minimum atomic E-state index is -0.0632. The summed E-state index contributed by atoms with van der Waals surface area (Å²) in [7, 11) is 2.03. The maximum Gasteiger partial charge on any atom is 0.193 e. The molecule has 0 fully saturated rings. The van der Waals surface area contributed by atoms with Crippen LogP contribution in [0.2, 0.25) is 0 Å². The molecule has 0 aliphatic rings. The van der Waals surface area contributed by atoms with Crippen molar-refractivity contribution in [2.75, 3.05) is 0 Å². The molecule has 2 N–H and O–H groups in total. The van der Waals surface area contributed by atoms with Gasteiger partial charge in [-0.1, -0.05) is 17.6 Å². The Kier molecular flexibility index (Phi) is 3.58. The van der Waals surface area contributed by atoms with Gasteiger partial charge in [0.15, 0.2) is 11.0 Å². The van der Waals surface area contributed by atoms with Crippen LogP contribution >= 0.6 is 12.6 Å². The van der Waals surface area contributed by atoms with E-state index in [1.54, 1.807) is 10.6 Å². The van der Waals surface area contributed by atoms with Crippen molar-refractivity contribution in [3.05, 3.63) is 42.0 Å². The zero-order valence-electron chi connectivity index (χ0n) is 12.1. The maximum absolute atomic E-state index is 10.1. The third kappa shape index (κ3) is 2.44. The molecule has 3 rings (SSSR count). The summed E-state index contributed by atoms with van der Waals surface area (Å²) < 4.78 is 1.77. The van der Waals surface area contributed by atoms with E-state index in [1.807, 2.05) is 26.9 Å². The average molecular weight is 311 g/mol. The van der Waals surface area contributed by atoms with Crippen molar-refractivity contribution in [2.24, 2.45) is 0 Å². The summed E-state index contributed by atoms with van der Waals surface area (Å²) in [5, 5.41) is 28.0. The Hall–Kier alpha value is -2.41. The van der Waals surface area contributed by atoms with Crippen LogP contribution in [0.5, 0.6) is 11.5 Å². The zero-order chi connectivity index (χ0) is 15.9. The van der Waals surface area contributed by atoms with Crippen LogP contribution in [0.4, 0.5) is 0 Å². The predicted octanol–water partition coefficient (Wildman–Crippen LogP) is 1.20. The van der Waals surface area contributed by atoms with E-state index in [1.165, 1.54) is 12.1 Å². The average Bonchev–Trinajstić information content (AvgIpc) is 2.81. The minimum Gasteiger partial charge on any atom is -0.508 e. The number of hydrogen-bond donors (Lipinski definition) is 3. The van der Waals surface area contributed by atoms with Crippen LogP contribution in [0.1, 0.15) is 5.56 Å². The van der Waals surface area contributed by atoms with Crippen LogP contribution in [-0.2, 0) is 0 Å². The zero-order valence-corrected chi connectivity index (χ0v) is 13.0. The van der Waals surface area contributed by atoms with Crippen molar-refractivity contribution in [1.82, 2.24) is 14.8 Å². The summed E-state index contributed by atoms with van der Waals surface area (Å²) in [6, 6.07) is 10.4. The van der Waals surface area contributed by atoms with Gasteiger partial charge in [0, 0.05) is 6.07 Å². The summed E-state index contributed by atoms with van der Waals surface area (Å²) in [4.78, 5) is 0. The summed E-state index contributed by atoms with van der Waals surface area (Å²) >= 11 is 4.37. The van der Waals surface area contributed by atoms with Crippen LogP contribution in [0.25, 0.3) is 17.1 Å². The summed E-state index contributed by atoms with van der Waals surface area (Å²) in [6.45, 7) is 2.00. The first kappa shape index (κ1) is 14.5. The molecule has 0 atom stereocenters. The largest absolute Gasteiger partial charge is 0.508 e. The summed E-state index contributed by atoms with van der Waals surface area (Å²) in [5.74, 6) is 0.395. The molecule has 5 nitrogen and oxygen atoms in total. The molecule has 0 aliphatic heterocycles. The topological polar surface area (TPSA) is 71.2 Å². The Morgan fingerprint density at radius 1 is 1.09 bits per heavy atom. The molecular weight excluding hydrogens is 297 g/mol. The normalized spacial score (nSPS) is 10.8. The lowest BCUT2D eigenvalue weighted by atomic mass is 9.94. The van der Waals surface area contributed by atoms with E-state index >= 15 is 0 Å². The molecule has 1 heterocycles.